The van der Waals surface area contributed by atoms with Gasteiger partial charge in [-0.3, -0.25) is 14.6 Å². The molecule has 1 aromatic carbocycles. The van der Waals surface area contributed by atoms with E-state index >= 15 is 0 Å². The molecule has 0 fully saturated rings. The summed E-state index contributed by atoms with van der Waals surface area (Å²) in [7, 11) is 0. The molecular formula is C12H8BrClN2O3. The fraction of sp³-hybridized carbons (Fsp3) is 0. The number of aromatic nitrogens is 1. The Balaban J connectivity index is 2.31. The highest BCUT2D eigenvalue weighted by molar-refractivity contribution is 9.10. The second kappa shape index (κ2) is 5.46. The summed E-state index contributed by atoms with van der Waals surface area (Å²) in [6.07, 6.45) is 0. The number of nitrogens with one attached hydrogen (secondary N) is 2. The van der Waals surface area contributed by atoms with Crippen LogP contribution in [0.15, 0.2) is 39.6 Å². The van der Waals surface area contributed by atoms with Crippen LogP contribution in [0, 0.1) is 0 Å². The number of carbonyl (C=O) groups excluding carboxylic acids is 1. The van der Waals surface area contributed by atoms with Gasteiger partial charge >= 0.3 is 0 Å². The van der Waals surface area contributed by atoms with Crippen molar-refractivity contribution in [3.8, 4) is 5.88 Å². The van der Waals surface area contributed by atoms with E-state index in [1.165, 1.54) is 0 Å². The predicted octanol–water partition coefficient (Wildman–Crippen LogP) is 2.75. The maximum atomic E-state index is 11.9. The SMILES string of the molecule is O=C(Nc1cccc(Cl)c1Br)c1cc(O)[nH]c(=O)c1. The average Bonchev–Trinajstić information content (AvgIpc) is 2.33. The molecule has 1 amide bonds. The smallest absolute Gasteiger partial charge is 0.256 e. The van der Waals surface area contributed by atoms with Gasteiger partial charge in [0.15, 0.2) is 5.88 Å². The molecule has 0 aliphatic carbocycles. The zero-order valence-electron chi connectivity index (χ0n) is 9.41. The van der Waals surface area contributed by atoms with E-state index in [2.05, 4.69) is 26.2 Å². The number of anilines is 1. The topological polar surface area (TPSA) is 82.2 Å². The van der Waals surface area contributed by atoms with Gasteiger partial charge in [-0.1, -0.05) is 17.7 Å². The van der Waals surface area contributed by atoms with Crippen LogP contribution in [0.4, 0.5) is 5.69 Å². The number of hydrogen-bond acceptors (Lipinski definition) is 3. The summed E-state index contributed by atoms with van der Waals surface area (Å²) in [5.41, 5.74) is -0.0410. The Bertz CT molecular complexity index is 700. The third-order valence-corrected chi connectivity index (χ3v) is 3.69. The van der Waals surface area contributed by atoms with Gasteiger partial charge in [0.1, 0.15) is 0 Å². The van der Waals surface area contributed by atoms with Gasteiger partial charge in [-0.05, 0) is 28.1 Å². The second-order valence-electron chi connectivity index (χ2n) is 3.67. The number of rotatable bonds is 2. The molecule has 1 heterocycles. The van der Waals surface area contributed by atoms with Crippen LogP contribution in [0.2, 0.25) is 5.02 Å². The predicted molar refractivity (Wildman–Crippen MR) is 75.8 cm³/mol. The molecule has 0 bridgehead atoms. The van der Waals surface area contributed by atoms with Crippen molar-refractivity contribution < 1.29 is 9.90 Å². The molecule has 0 saturated carbocycles. The Labute approximate surface area is 121 Å². The van der Waals surface area contributed by atoms with E-state index in [4.69, 9.17) is 11.6 Å². The number of benzene rings is 1. The summed E-state index contributed by atoms with van der Waals surface area (Å²) in [6.45, 7) is 0. The number of aromatic amines is 1. The lowest BCUT2D eigenvalue weighted by molar-refractivity contribution is 0.102. The van der Waals surface area contributed by atoms with Crippen molar-refractivity contribution in [1.82, 2.24) is 4.98 Å². The molecule has 0 spiro atoms. The van der Waals surface area contributed by atoms with Gasteiger partial charge in [0.25, 0.3) is 11.5 Å². The lowest BCUT2D eigenvalue weighted by Gasteiger charge is -2.08. The molecule has 0 saturated heterocycles. The van der Waals surface area contributed by atoms with E-state index in [1.807, 2.05) is 0 Å². The fourth-order valence-electron chi connectivity index (χ4n) is 1.45. The molecule has 2 aromatic rings. The first-order valence-corrected chi connectivity index (χ1v) is 6.33. The third-order valence-electron chi connectivity index (χ3n) is 2.29. The molecule has 19 heavy (non-hydrogen) atoms. The first kappa shape index (κ1) is 13.6. The van der Waals surface area contributed by atoms with Gasteiger partial charge in [0.05, 0.1) is 20.7 Å². The minimum atomic E-state index is -0.560. The minimum absolute atomic E-state index is 0.0492. The second-order valence-corrected chi connectivity index (χ2v) is 4.87. The number of pyridine rings is 1. The van der Waals surface area contributed by atoms with Crippen molar-refractivity contribution in [2.75, 3.05) is 5.32 Å². The first-order valence-electron chi connectivity index (χ1n) is 5.16. The molecular weight excluding hydrogens is 336 g/mol. The Hall–Kier alpha value is -1.79. The van der Waals surface area contributed by atoms with Crippen LogP contribution in [0.3, 0.4) is 0 Å². The van der Waals surface area contributed by atoms with Crippen molar-refractivity contribution >= 4 is 39.1 Å². The number of amides is 1. The van der Waals surface area contributed by atoms with E-state index in [0.717, 1.165) is 12.1 Å². The van der Waals surface area contributed by atoms with Crippen molar-refractivity contribution in [2.45, 2.75) is 0 Å². The number of H-pyrrole nitrogens is 1. The van der Waals surface area contributed by atoms with Gasteiger partial charge in [-0.15, -0.1) is 0 Å². The molecule has 7 heteroatoms. The van der Waals surface area contributed by atoms with Crippen LogP contribution in [0.1, 0.15) is 10.4 Å². The number of aromatic hydroxyl groups is 1. The summed E-state index contributed by atoms with van der Waals surface area (Å²) < 4.78 is 0.541. The van der Waals surface area contributed by atoms with E-state index < -0.39 is 11.5 Å². The maximum absolute atomic E-state index is 11.9. The highest BCUT2D eigenvalue weighted by Crippen LogP contribution is 2.30. The highest BCUT2D eigenvalue weighted by atomic mass is 79.9. The van der Waals surface area contributed by atoms with Crippen LogP contribution in [-0.2, 0) is 0 Å². The van der Waals surface area contributed by atoms with Gasteiger partial charge in [-0.2, -0.15) is 0 Å². The van der Waals surface area contributed by atoms with Crippen LogP contribution >= 0.6 is 27.5 Å². The van der Waals surface area contributed by atoms with Crippen LogP contribution < -0.4 is 10.9 Å². The summed E-state index contributed by atoms with van der Waals surface area (Å²) in [4.78, 5) is 25.2. The Kier molecular flexibility index (Phi) is 3.92. The van der Waals surface area contributed by atoms with E-state index in [-0.39, 0.29) is 11.4 Å². The van der Waals surface area contributed by atoms with Crippen molar-refractivity contribution in [3.63, 3.8) is 0 Å². The van der Waals surface area contributed by atoms with Gasteiger partial charge in [0.2, 0.25) is 0 Å². The average molecular weight is 344 g/mol. The summed E-state index contributed by atoms with van der Waals surface area (Å²) >= 11 is 9.15. The molecule has 3 N–H and O–H groups in total. The highest BCUT2D eigenvalue weighted by Gasteiger charge is 2.11. The number of carbonyl (C=O) groups is 1. The minimum Gasteiger partial charge on any atom is -0.494 e. The maximum Gasteiger partial charge on any atom is 0.256 e. The molecule has 0 radical (unpaired) electrons. The van der Waals surface area contributed by atoms with Crippen LogP contribution in [0.5, 0.6) is 5.88 Å². The van der Waals surface area contributed by atoms with Crippen molar-refractivity contribution in [3.05, 3.63) is 55.7 Å². The number of hydrogen-bond donors (Lipinski definition) is 3. The van der Waals surface area contributed by atoms with Crippen molar-refractivity contribution in [1.29, 1.82) is 0 Å². The Morgan fingerprint density at radius 1 is 1.37 bits per heavy atom. The van der Waals surface area contributed by atoms with Crippen LogP contribution in [0.25, 0.3) is 0 Å². The molecule has 1 aromatic heterocycles. The quantitative estimate of drug-likeness (QED) is 0.784. The molecule has 0 aliphatic rings. The molecule has 98 valence electrons. The standard InChI is InChI=1S/C12H8BrClN2O3/c13-11-7(14)2-1-3-8(11)15-12(19)6-4-9(17)16-10(18)5-6/h1-5H,(H,15,19)(H2,16,17,18). The zero-order chi connectivity index (χ0) is 14.0. The van der Waals surface area contributed by atoms with Gasteiger partial charge in [0, 0.05) is 12.1 Å². The third kappa shape index (κ3) is 3.15. The van der Waals surface area contributed by atoms with E-state index in [1.54, 1.807) is 18.2 Å². The molecule has 0 atom stereocenters. The summed E-state index contributed by atoms with van der Waals surface area (Å²) in [6, 6.07) is 7.25. The normalized spacial score (nSPS) is 10.2. The monoisotopic (exact) mass is 342 g/mol. The summed E-state index contributed by atoms with van der Waals surface area (Å²) in [5, 5.41) is 12.3. The zero-order valence-corrected chi connectivity index (χ0v) is 11.7. The lowest BCUT2D eigenvalue weighted by Crippen LogP contribution is -2.16. The lowest BCUT2D eigenvalue weighted by atomic mass is 10.2. The molecule has 2 rings (SSSR count). The Morgan fingerprint density at radius 3 is 2.79 bits per heavy atom. The fourth-order valence-corrected chi connectivity index (χ4v) is 1.99. The number of halogens is 2. The molecule has 5 nitrogen and oxygen atoms in total. The summed E-state index contributed by atoms with van der Waals surface area (Å²) in [5.74, 6) is -0.896. The molecule has 0 unspecified atom stereocenters. The van der Waals surface area contributed by atoms with Crippen LogP contribution in [-0.4, -0.2) is 16.0 Å². The Morgan fingerprint density at radius 2 is 2.11 bits per heavy atom. The van der Waals surface area contributed by atoms with Crippen molar-refractivity contribution in [2.24, 2.45) is 0 Å². The van der Waals surface area contributed by atoms with E-state index in [9.17, 15) is 14.7 Å². The molecule has 0 aliphatic heterocycles. The van der Waals surface area contributed by atoms with Gasteiger partial charge in [-0.25, -0.2) is 0 Å². The largest absolute Gasteiger partial charge is 0.494 e. The first-order chi connectivity index (χ1) is 8.97. The van der Waals surface area contributed by atoms with E-state index in [0.29, 0.717) is 15.2 Å². The van der Waals surface area contributed by atoms with Gasteiger partial charge < -0.3 is 10.4 Å².